The van der Waals surface area contributed by atoms with E-state index in [2.05, 4.69) is 15.3 Å². The third kappa shape index (κ3) is 3.32. The smallest absolute Gasteiger partial charge is 0.274 e. The average molecular weight is 372 g/mol. The number of anilines is 1. The molecule has 6 nitrogen and oxygen atoms in total. The molecule has 0 saturated carbocycles. The van der Waals surface area contributed by atoms with Crippen LogP contribution >= 0.6 is 0 Å². The van der Waals surface area contributed by atoms with Crippen LogP contribution in [0.5, 0.6) is 0 Å². The maximum absolute atomic E-state index is 12.4. The van der Waals surface area contributed by atoms with Crippen molar-refractivity contribution in [3.05, 3.63) is 82.4 Å². The van der Waals surface area contributed by atoms with Crippen LogP contribution in [0.25, 0.3) is 22.2 Å². The van der Waals surface area contributed by atoms with Gasteiger partial charge in [0.1, 0.15) is 11.3 Å². The van der Waals surface area contributed by atoms with Crippen molar-refractivity contribution in [2.24, 2.45) is 7.05 Å². The average Bonchev–Trinajstić information content (AvgIpc) is 3.17. The van der Waals surface area contributed by atoms with Gasteiger partial charge in [-0.2, -0.15) is 0 Å². The molecule has 0 saturated heterocycles. The third-order valence-corrected chi connectivity index (χ3v) is 4.72. The van der Waals surface area contributed by atoms with Gasteiger partial charge in [0.15, 0.2) is 0 Å². The van der Waals surface area contributed by atoms with Crippen LogP contribution in [0.3, 0.4) is 0 Å². The summed E-state index contributed by atoms with van der Waals surface area (Å²) in [7, 11) is 1.72. The van der Waals surface area contributed by atoms with E-state index in [-0.39, 0.29) is 17.9 Å². The van der Waals surface area contributed by atoms with Gasteiger partial charge in [0.05, 0.1) is 12.1 Å². The first kappa shape index (κ1) is 17.7. The zero-order chi connectivity index (χ0) is 19.7. The van der Waals surface area contributed by atoms with Crippen LogP contribution in [0.15, 0.2) is 65.7 Å². The summed E-state index contributed by atoms with van der Waals surface area (Å²) in [5.41, 5.74) is 3.93. The number of aryl methyl sites for hydroxylation is 2. The molecule has 0 aliphatic carbocycles. The highest BCUT2D eigenvalue weighted by Crippen LogP contribution is 2.28. The fourth-order valence-electron chi connectivity index (χ4n) is 3.30. The number of rotatable bonds is 4. The van der Waals surface area contributed by atoms with Gasteiger partial charge in [0, 0.05) is 30.4 Å². The third-order valence-electron chi connectivity index (χ3n) is 4.72. The van der Waals surface area contributed by atoms with E-state index in [0.29, 0.717) is 11.3 Å². The molecule has 4 aromatic rings. The van der Waals surface area contributed by atoms with E-state index in [1.807, 2.05) is 49.4 Å². The Labute approximate surface area is 161 Å². The van der Waals surface area contributed by atoms with Crippen molar-refractivity contribution in [1.82, 2.24) is 14.5 Å². The van der Waals surface area contributed by atoms with Crippen molar-refractivity contribution in [3.63, 3.8) is 0 Å². The molecule has 140 valence electrons. The lowest BCUT2D eigenvalue weighted by molar-refractivity contribution is -0.115. The van der Waals surface area contributed by atoms with Gasteiger partial charge < -0.3 is 14.9 Å². The summed E-state index contributed by atoms with van der Waals surface area (Å²) in [6.45, 7) is 1.96. The summed E-state index contributed by atoms with van der Waals surface area (Å²) in [6, 6.07) is 15.2. The summed E-state index contributed by atoms with van der Waals surface area (Å²) in [6.07, 6.45) is 3.81. The van der Waals surface area contributed by atoms with Crippen LogP contribution in [0, 0.1) is 6.92 Å². The number of hydrogen-bond acceptors (Lipinski definition) is 3. The lowest BCUT2D eigenvalue weighted by Crippen LogP contribution is -2.17. The molecule has 0 unspecified atom stereocenters. The minimum Gasteiger partial charge on any atom is -0.357 e. The minimum atomic E-state index is -0.124. The van der Waals surface area contributed by atoms with Crippen molar-refractivity contribution in [1.29, 1.82) is 0 Å². The summed E-state index contributed by atoms with van der Waals surface area (Å²) in [5, 5.41) is 3.68. The molecule has 0 aliphatic rings. The summed E-state index contributed by atoms with van der Waals surface area (Å²) in [5.74, 6) is 0.361. The number of aromatic amines is 1. The Morgan fingerprint density at radius 2 is 1.93 bits per heavy atom. The first-order chi connectivity index (χ1) is 13.5. The number of nitrogens with zero attached hydrogens (tertiary/aromatic N) is 2. The molecular weight excluding hydrogens is 352 g/mol. The quantitative estimate of drug-likeness (QED) is 0.576. The Morgan fingerprint density at radius 1 is 1.14 bits per heavy atom. The normalized spacial score (nSPS) is 10.9. The van der Waals surface area contributed by atoms with Crippen LogP contribution in [-0.2, 0) is 18.3 Å². The maximum Gasteiger partial charge on any atom is 0.274 e. The molecule has 1 aromatic carbocycles. The molecule has 2 N–H and O–H groups in total. The van der Waals surface area contributed by atoms with Crippen LogP contribution in [0.1, 0.15) is 11.1 Å². The second-order valence-corrected chi connectivity index (χ2v) is 6.80. The van der Waals surface area contributed by atoms with Gasteiger partial charge in [-0.1, -0.05) is 36.4 Å². The molecule has 0 bridgehead atoms. The monoisotopic (exact) mass is 372 g/mol. The summed E-state index contributed by atoms with van der Waals surface area (Å²) >= 11 is 0. The minimum absolute atomic E-state index is 0.0891. The van der Waals surface area contributed by atoms with E-state index >= 15 is 0 Å². The van der Waals surface area contributed by atoms with Crippen molar-refractivity contribution < 1.29 is 4.79 Å². The van der Waals surface area contributed by atoms with Crippen LogP contribution in [0.2, 0.25) is 0 Å². The zero-order valence-corrected chi connectivity index (χ0v) is 15.7. The zero-order valence-electron chi connectivity index (χ0n) is 15.7. The van der Waals surface area contributed by atoms with E-state index in [0.717, 1.165) is 27.8 Å². The SMILES string of the molecule is Cc1ccc(NC(=O)Cc2ccccc2)nc1-c1cn(C)c(=O)c2[nH]ccc12. The first-order valence-corrected chi connectivity index (χ1v) is 9.01. The number of hydrogen-bond donors (Lipinski definition) is 2. The second kappa shape index (κ2) is 7.15. The number of carbonyl (C=O) groups is 1. The Hall–Kier alpha value is -3.67. The van der Waals surface area contributed by atoms with Gasteiger partial charge in [-0.3, -0.25) is 9.59 Å². The Balaban J connectivity index is 1.69. The molecule has 0 fully saturated rings. The van der Waals surface area contributed by atoms with Crippen LogP contribution in [0.4, 0.5) is 5.82 Å². The number of pyridine rings is 2. The van der Waals surface area contributed by atoms with E-state index < -0.39 is 0 Å². The van der Waals surface area contributed by atoms with Crippen molar-refractivity contribution in [2.75, 3.05) is 5.32 Å². The molecule has 6 heteroatoms. The standard InChI is InChI=1S/C22H20N4O2/c1-14-8-9-18(24-19(27)12-15-6-4-3-5-7-15)25-20(14)17-13-26(2)22(28)21-16(17)10-11-23-21/h3-11,13,23H,12H2,1-2H3,(H,24,25,27). The predicted octanol–water partition coefficient (Wildman–Crippen LogP) is 3.42. The molecular formula is C22H20N4O2. The van der Waals surface area contributed by atoms with Gasteiger partial charge in [0.25, 0.3) is 5.56 Å². The van der Waals surface area contributed by atoms with E-state index in [4.69, 9.17) is 0 Å². The van der Waals surface area contributed by atoms with Gasteiger partial charge in [-0.05, 0) is 30.2 Å². The van der Waals surface area contributed by atoms with Gasteiger partial charge in [-0.15, -0.1) is 0 Å². The highest BCUT2D eigenvalue weighted by molar-refractivity contribution is 5.95. The number of benzene rings is 1. The topological polar surface area (TPSA) is 79.8 Å². The molecule has 0 spiro atoms. The molecule has 28 heavy (non-hydrogen) atoms. The number of fused-ring (bicyclic) bond motifs is 1. The maximum atomic E-state index is 12.4. The molecule has 0 radical (unpaired) electrons. The molecule has 3 aromatic heterocycles. The van der Waals surface area contributed by atoms with Gasteiger partial charge in [-0.25, -0.2) is 4.98 Å². The Bertz CT molecular complexity index is 1220. The Morgan fingerprint density at radius 3 is 2.71 bits per heavy atom. The molecule has 0 aliphatic heterocycles. The fourth-order valence-corrected chi connectivity index (χ4v) is 3.30. The number of nitrogens with one attached hydrogen (secondary N) is 2. The molecule has 0 atom stereocenters. The Kier molecular flexibility index (Phi) is 4.53. The largest absolute Gasteiger partial charge is 0.357 e. The highest BCUT2D eigenvalue weighted by atomic mass is 16.1. The summed E-state index contributed by atoms with van der Waals surface area (Å²) in [4.78, 5) is 32.3. The van der Waals surface area contributed by atoms with Crippen LogP contribution in [-0.4, -0.2) is 20.4 Å². The summed E-state index contributed by atoms with van der Waals surface area (Å²) < 4.78 is 1.54. The molecule has 4 rings (SSSR count). The van der Waals surface area contributed by atoms with Crippen molar-refractivity contribution in [3.8, 4) is 11.3 Å². The first-order valence-electron chi connectivity index (χ1n) is 9.01. The second-order valence-electron chi connectivity index (χ2n) is 6.80. The van der Waals surface area contributed by atoms with Crippen LogP contribution < -0.4 is 10.9 Å². The lowest BCUT2D eigenvalue weighted by atomic mass is 10.0. The van der Waals surface area contributed by atoms with Crippen molar-refractivity contribution in [2.45, 2.75) is 13.3 Å². The van der Waals surface area contributed by atoms with E-state index in [1.54, 1.807) is 25.5 Å². The molecule has 1 amide bonds. The number of carbonyl (C=O) groups excluding carboxylic acids is 1. The fraction of sp³-hybridized carbons (Fsp3) is 0.136. The number of amides is 1. The van der Waals surface area contributed by atoms with Crippen molar-refractivity contribution >= 4 is 22.6 Å². The highest BCUT2D eigenvalue weighted by Gasteiger charge is 2.14. The van der Waals surface area contributed by atoms with E-state index in [1.165, 1.54) is 4.57 Å². The van der Waals surface area contributed by atoms with Gasteiger partial charge in [0.2, 0.25) is 5.91 Å². The lowest BCUT2D eigenvalue weighted by Gasteiger charge is -2.12. The predicted molar refractivity (Wildman–Crippen MR) is 110 cm³/mol. The number of H-pyrrole nitrogens is 1. The molecule has 3 heterocycles. The van der Waals surface area contributed by atoms with Gasteiger partial charge >= 0.3 is 0 Å². The van der Waals surface area contributed by atoms with E-state index in [9.17, 15) is 9.59 Å². The number of aromatic nitrogens is 3.